The van der Waals surface area contributed by atoms with Crippen LogP contribution in [-0.4, -0.2) is 35.9 Å². The fraction of sp³-hybridized carbons (Fsp3) is 0.200. The standard InChI is InChI=1S/C15H16N4O3/c1-20-11-6-5-10(13(21-2)14(11)22-3)9-4-7-12-17-15(16)18-19(12)8-9/h4-8H,1-3H3,(H2,16,18). The molecule has 3 rings (SSSR count). The van der Waals surface area contributed by atoms with Gasteiger partial charge in [0.2, 0.25) is 11.7 Å². The molecular formula is C15H16N4O3. The summed E-state index contributed by atoms with van der Waals surface area (Å²) >= 11 is 0. The highest BCUT2D eigenvalue weighted by Crippen LogP contribution is 2.44. The highest BCUT2D eigenvalue weighted by Gasteiger charge is 2.17. The van der Waals surface area contributed by atoms with E-state index in [1.54, 1.807) is 25.8 Å². The number of hydrogen-bond acceptors (Lipinski definition) is 6. The summed E-state index contributed by atoms with van der Waals surface area (Å²) in [5.41, 5.74) is 8.05. The highest BCUT2D eigenvalue weighted by molar-refractivity contribution is 5.76. The van der Waals surface area contributed by atoms with E-state index in [0.29, 0.717) is 22.9 Å². The number of hydrogen-bond donors (Lipinski definition) is 1. The fourth-order valence-electron chi connectivity index (χ4n) is 2.39. The number of nitrogens with two attached hydrogens (primary N) is 1. The van der Waals surface area contributed by atoms with E-state index in [1.807, 2.05) is 30.5 Å². The Morgan fingerprint density at radius 3 is 2.41 bits per heavy atom. The van der Waals surface area contributed by atoms with Gasteiger partial charge in [0.05, 0.1) is 21.3 Å². The molecule has 7 heteroatoms. The van der Waals surface area contributed by atoms with E-state index in [9.17, 15) is 0 Å². The molecule has 0 atom stereocenters. The minimum Gasteiger partial charge on any atom is -0.493 e. The molecule has 0 saturated carbocycles. The highest BCUT2D eigenvalue weighted by atomic mass is 16.5. The first-order valence-electron chi connectivity index (χ1n) is 6.59. The average molecular weight is 300 g/mol. The monoisotopic (exact) mass is 300 g/mol. The van der Waals surface area contributed by atoms with Crippen LogP contribution in [0.4, 0.5) is 5.95 Å². The summed E-state index contributed by atoms with van der Waals surface area (Å²) in [6, 6.07) is 7.50. The third kappa shape index (κ3) is 2.16. The third-order valence-corrected chi connectivity index (χ3v) is 3.36. The van der Waals surface area contributed by atoms with E-state index < -0.39 is 0 Å². The maximum atomic E-state index is 5.61. The van der Waals surface area contributed by atoms with Gasteiger partial charge in [0.25, 0.3) is 0 Å². The van der Waals surface area contributed by atoms with Gasteiger partial charge in [-0.15, -0.1) is 5.10 Å². The number of aromatic nitrogens is 3. The van der Waals surface area contributed by atoms with E-state index in [-0.39, 0.29) is 5.95 Å². The Morgan fingerprint density at radius 2 is 1.73 bits per heavy atom. The van der Waals surface area contributed by atoms with Gasteiger partial charge >= 0.3 is 0 Å². The van der Waals surface area contributed by atoms with Crippen molar-refractivity contribution >= 4 is 11.6 Å². The van der Waals surface area contributed by atoms with Crippen LogP contribution >= 0.6 is 0 Å². The SMILES string of the molecule is COc1ccc(-c2ccc3nc(N)nn3c2)c(OC)c1OC. The van der Waals surface area contributed by atoms with Gasteiger partial charge in [-0.05, 0) is 24.3 Å². The molecule has 0 aliphatic rings. The van der Waals surface area contributed by atoms with Gasteiger partial charge in [0.15, 0.2) is 17.1 Å². The molecule has 0 aliphatic heterocycles. The first kappa shape index (κ1) is 14.0. The number of pyridine rings is 1. The predicted octanol–water partition coefficient (Wildman–Crippen LogP) is 2.00. The Hall–Kier alpha value is -2.96. The smallest absolute Gasteiger partial charge is 0.240 e. The molecule has 0 saturated heterocycles. The van der Waals surface area contributed by atoms with Crippen LogP contribution in [-0.2, 0) is 0 Å². The lowest BCUT2D eigenvalue weighted by Crippen LogP contribution is -1.97. The number of ether oxygens (including phenoxy) is 3. The summed E-state index contributed by atoms with van der Waals surface area (Å²) in [7, 11) is 4.75. The summed E-state index contributed by atoms with van der Waals surface area (Å²) in [5.74, 6) is 1.97. The van der Waals surface area contributed by atoms with Crippen LogP contribution in [0.25, 0.3) is 16.8 Å². The number of nitrogens with zero attached hydrogens (tertiary/aromatic N) is 3. The molecule has 114 valence electrons. The molecule has 0 fully saturated rings. The predicted molar refractivity (Wildman–Crippen MR) is 82.5 cm³/mol. The Balaban J connectivity index is 2.20. The number of benzene rings is 1. The van der Waals surface area contributed by atoms with Gasteiger partial charge in [0, 0.05) is 17.3 Å². The van der Waals surface area contributed by atoms with E-state index in [4.69, 9.17) is 19.9 Å². The molecule has 2 aromatic heterocycles. The van der Waals surface area contributed by atoms with Gasteiger partial charge in [-0.3, -0.25) is 0 Å². The number of fused-ring (bicyclic) bond motifs is 1. The van der Waals surface area contributed by atoms with Gasteiger partial charge in [0.1, 0.15) is 0 Å². The van der Waals surface area contributed by atoms with Crippen molar-refractivity contribution in [1.82, 2.24) is 14.6 Å². The zero-order chi connectivity index (χ0) is 15.7. The molecule has 22 heavy (non-hydrogen) atoms. The maximum Gasteiger partial charge on any atom is 0.240 e. The minimum atomic E-state index is 0.233. The Bertz CT molecular complexity index is 829. The number of methoxy groups -OCH3 is 3. The first-order chi connectivity index (χ1) is 10.7. The van der Waals surface area contributed by atoms with Crippen molar-refractivity contribution in [3.63, 3.8) is 0 Å². The number of nitrogen functional groups attached to an aromatic ring is 1. The molecule has 0 spiro atoms. The first-order valence-corrected chi connectivity index (χ1v) is 6.59. The van der Waals surface area contributed by atoms with Crippen LogP contribution in [0.2, 0.25) is 0 Å². The zero-order valence-electron chi connectivity index (χ0n) is 12.5. The lowest BCUT2D eigenvalue weighted by atomic mass is 10.1. The molecule has 3 aromatic rings. The zero-order valence-corrected chi connectivity index (χ0v) is 12.5. The Kier molecular flexibility index (Phi) is 3.46. The lowest BCUT2D eigenvalue weighted by molar-refractivity contribution is 0.325. The van der Waals surface area contributed by atoms with Crippen LogP contribution < -0.4 is 19.9 Å². The van der Waals surface area contributed by atoms with Crippen molar-refractivity contribution in [3.8, 4) is 28.4 Å². The molecule has 2 heterocycles. The van der Waals surface area contributed by atoms with Crippen LogP contribution in [0.15, 0.2) is 30.5 Å². The van der Waals surface area contributed by atoms with Crippen LogP contribution in [0.5, 0.6) is 17.2 Å². The van der Waals surface area contributed by atoms with E-state index in [2.05, 4.69) is 10.1 Å². The molecule has 0 unspecified atom stereocenters. The second-order valence-electron chi connectivity index (χ2n) is 4.57. The molecule has 0 radical (unpaired) electrons. The van der Waals surface area contributed by atoms with Crippen molar-refractivity contribution in [1.29, 1.82) is 0 Å². The molecule has 0 aliphatic carbocycles. The van der Waals surface area contributed by atoms with Crippen molar-refractivity contribution in [2.75, 3.05) is 27.1 Å². The van der Waals surface area contributed by atoms with E-state index in [1.165, 1.54) is 0 Å². The summed E-state index contributed by atoms with van der Waals surface area (Å²) in [5, 5.41) is 4.12. The number of rotatable bonds is 4. The number of anilines is 1. The molecule has 7 nitrogen and oxygen atoms in total. The van der Waals surface area contributed by atoms with Gasteiger partial charge in [-0.1, -0.05) is 0 Å². The third-order valence-electron chi connectivity index (χ3n) is 3.36. The summed E-state index contributed by atoms with van der Waals surface area (Å²) in [6.45, 7) is 0. The van der Waals surface area contributed by atoms with Crippen molar-refractivity contribution in [2.24, 2.45) is 0 Å². The Morgan fingerprint density at radius 1 is 0.955 bits per heavy atom. The normalized spacial score (nSPS) is 10.7. The van der Waals surface area contributed by atoms with Gasteiger partial charge < -0.3 is 19.9 Å². The topological polar surface area (TPSA) is 83.9 Å². The van der Waals surface area contributed by atoms with Crippen molar-refractivity contribution in [2.45, 2.75) is 0 Å². The van der Waals surface area contributed by atoms with Crippen LogP contribution in [0.3, 0.4) is 0 Å². The van der Waals surface area contributed by atoms with Crippen LogP contribution in [0, 0.1) is 0 Å². The van der Waals surface area contributed by atoms with Crippen molar-refractivity contribution in [3.05, 3.63) is 30.5 Å². The second kappa shape index (κ2) is 5.44. The fourth-order valence-corrected chi connectivity index (χ4v) is 2.39. The van der Waals surface area contributed by atoms with Gasteiger partial charge in [-0.25, -0.2) is 4.52 Å². The molecule has 1 aromatic carbocycles. The van der Waals surface area contributed by atoms with Crippen LogP contribution in [0.1, 0.15) is 0 Å². The lowest BCUT2D eigenvalue weighted by Gasteiger charge is -2.15. The molecular weight excluding hydrogens is 284 g/mol. The van der Waals surface area contributed by atoms with E-state index >= 15 is 0 Å². The summed E-state index contributed by atoms with van der Waals surface area (Å²) < 4.78 is 17.8. The average Bonchev–Trinajstić information content (AvgIpc) is 2.92. The summed E-state index contributed by atoms with van der Waals surface area (Å²) in [6.07, 6.45) is 1.84. The Labute approximate surface area is 127 Å². The maximum absolute atomic E-state index is 5.61. The van der Waals surface area contributed by atoms with Crippen molar-refractivity contribution < 1.29 is 14.2 Å². The molecule has 0 bridgehead atoms. The molecule has 2 N–H and O–H groups in total. The molecule has 0 amide bonds. The summed E-state index contributed by atoms with van der Waals surface area (Å²) in [4.78, 5) is 4.11. The quantitative estimate of drug-likeness (QED) is 0.793. The largest absolute Gasteiger partial charge is 0.493 e. The van der Waals surface area contributed by atoms with Gasteiger partial charge in [-0.2, -0.15) is 4.98 Å². The second-order valence-corrected chi connectivity index (χ2v) is 4.57. The minimum absolute atomic E-state index is 0.233. The van der Waals surface area contributed by atoms with E-state index in [0.717, 1.165) is 11.1 Å².